The lowest BCUT2D eigenvalue weighted by molar-refractivity contribution is 0.493. The van der Waals surface area contributed by atoms with Crippen molar-refractivity contribution in [2.75, 3.05) is 11.8 Å². The molecule has 1 N–H and O–H groups in total. The van der Waals surface area contributed by atoms with E-state index in [1.54, 1.807) is 6.66 Å². The third kappa shape index (κ3) is 4.12. The van der Waals surface area contributed by atoms with Gasteiger partial charge in [-0.3, -0.25) is 4.57 Å². The van der Waals surface area contributed by atoms with Crippen molar-refractivity contribution in [1.82, 2.24) is 0 Å². The highest BCUT2D eigenvalue weighted by atomic mass is 79.9. The summed E-state index contributed by atoms with van der Waals surface area (Å²) in [6, 6.07) is 15.2. The molecule has 0 saturated heterocycles. The number of hydrogen-bond donors (Lipinski definition) is 1. The summed E-state index contributed by atoms with van der Waals surface area (Å²) in [6.45, 7) is 3.66. The van der Waals surface area contributed by atoms with Gasteiger partial charge in [0.05, 0.1) is 5.69 Å². The third-order valence-electron chi connectivity index (χ3n) is 2.81. The average molecular weight is 354 g/mol. The van der Waals surface area contributed by atoms with Crippen molar-refractivity contribution in [1.29, 1.82) is 0 Å². The molecule has 3 nitrogen and oxygen atoms in total. The second-order valence-corrected chi connectivity index (χ2v) is 7.48. The van der Waals surface area contributed by atoms with Crippen molar-refractivity contribution in [3.63, 3.8) is 0 Å². The summed E-state index contributed by atoms with van der Waals surface area (Å²) in [7, 11) is -2.97. The van der Waals surface area contributed by atoms with Crippen LogP contribution >= 0.6 is 23.4 Å². The van der Waals surface area contributed by atoms with Gasteiger partial charge in [0.1, 0.15) is 5.75 Å². The molecule has 0 heterocycles. The predicted octanol–water partition coefficient (Wildman–Crippen LogP) is 5.33. The number of halogens is 1. The molecule has 0 unspecified atom stereocenters. The molecule has 2 aromatic rings. The van der Waals surface area contributed by atoms with Crippen molar-refractivity contribution in [3.8, 4) is 5.75 Å². The molecular formula is C15H17BrNO2P. The van der Waals surface area contributed by atoms with Crippen LogP contribution in [0.15, 0.2) is 53.0 Å². The van der Waals surface area contributed by atoms with E-state index >= 15 is 0 Å². The zero-order valence-corrected chi connectivity index (χ0v) is 13.9. The first-order chi connectivity index (χ1) is 9.50. The van der Waals surface area contributed by atoms with Gasteiger partial charge >= 0.3 is 7.52 Å². The lowest BCUT2D eigenvalue weighted by atomic mass is 10.2. The minimum atomic E-state index is -2.97. The Balaban J connectivity index is 2.10. The first-order valence-electron chi connectivity index (χ1n) is 6.39. The molecule has 0 aliphatic heterocycles. The van der Waals surface area contributed by atoms with Gasteiger partial charge in [0.25, 0.3) is 0 Å². The summed E-state index contributed by atoms with van der Waals surface area (Å²) in [5.74, 6) is 0.604. The van der Waals surface area contributed by atoms with Gasteiger partial charge < -0.3 is 9.61 Å². The van der Waals surface area contributed by atoms with E-state index in [1.165, 1.54) is 5.56 Å². The zero-order chi connectivity index (χ0) is 14.6. The van der Waals surface area contributed by atoms with Crippen LogP contribution in [-0.4, -0.2) is 6.66 Å². The molecule has 1 atom stereocenters. The Hall–Kier alpha value is -1.25. The van der Waals surface area contributed by atoms with E-state index < -0.39 is 7.52 Å². The minimum Gasteiger partial charge on any atom is -0.429 e. The Bertz CT molecular complexity index is 628. The van der Waals surface area contributed by atoms with E-state index in [9.17, 15) is 4.57 Å². The Morgan fingerprint density at radius 2 is 1.80 bits per heavy atom. The quantitative estimate of drug-likeness (QED) is 0.738. The van der Waals surface area contributed by atoms with Crippen LogP contribution < -0.4 is 9.61 Å². The summed E-state index contributed by atoms with van der Waals surface area (Å²) < 4.78 is 18.9. The summed E-state index contributed by atoms with van der Waals surface area (Å²) in [4.78, 5) is 0. The fourth-order valence-corrected chi connectivity index (χ4v) is 3.52. The standard InChI is InChI=1S/C15H17BrNO2P/c1-3-12-8-10-13(11-9-12)19-20(2,18)17-15-7-5-4-6-14(15)16/h4-11H,3H2,1-2H3,(H,17,18)/t20-/m0/s1. The number of anilines is 1. The fourth-order valence-electron chi connectivity index (χ4n) is 1.78. The Labute approximate surface area is 128 Å². The van der Waals surface area contributed by atoms with Gasteiger partial charge in [-0.25, -0.2) is 0 Å². The van der Waals surface area contributed by atoms with Gasteiger partial charge in [-0.1, -0.05) is 31.2 Å². The average Bonchev–Trinajstić information content (AvgIpc) is 2.41. The molecule has 0 saturated carbocycles. The van der Waals surface area contributed by atoms with Crippen molar-refractivity contribution < 1.29 is 9.09 Å². The largest absolute Gasteiger partial charge is 0.429 e. The molecule has 0 fully saturated rings. The van der Waals surface area contributed by atoms with E-state index in [0.717, 1.165) is 16.6 Å². The molecule has 0 aliphatic carbocycles. The summed E-state index contributed by atoms with van der Waals surface area (Å²) in [5.41, 5.74) is 1.98. The fraction of sp³-hybridized carbons (Fsp3) is 0.200. The molecule has 0 bridgehead atoms. The molecule has 2 aromatic carbocycles. The van der Waals surface area contributed by atoms with E-state index in [1.807, 2.05) is 48.5 Å². The van der Waals surface area contributed by atoms with E-state index in [4.69, 9.17) is 4.52 Å². The second kappa shape index (κ2) is 6.47. The van der Waals surface area contributed by atoms with Crippen LogP contribution in [0.2, 0.25) is 0 Å². The van der Waals surface area contributed by atoms with Crippen LogP contribution in [0.1, 0.15) is 12.5 Å². The molecule has 0 spiro atoms. The summed E-state index contributed by atoms with van der Waals surface area (Å²) >= 11 is 3.41. The Morgan fingerprint density at radius 3 is 2.40 bits per heavy atom. The van der Waals surface area contributed by atoms with Crippen molar-refractivity contribution in [2.45, 2.75) is 13.3 Å². The number of benzene rings is 2. The maximum Gasteiger partial charge on any atom is 0.338 e. The van der Waals surface area contributed by atoms with Crippen molar-refractivity contribution >= 4 is 29.1 Å². The van der Waals surface area contributed by atoms with E-state index in [0.29, 0.717) is 5.75 Å². The molecule has 0 aromatic heterocycles. The highest BCUT2D eigenvalue weighted by Crippen LogP contribution is 2.44. The first-order valence-corrected chi connectivity index (χ1v) is 9.25. The van der Waals surface area contributed by atoms with Crippen LogP contribution in [-0.2, 0) is 11.0 Å². The van der Waals surface area contributed by atoms with Crippen LogP contribution in [0.4, 0.5) is 5.69 Å². The van der Waals surface area contributed by atoms with Crippen molar-refractivity contribution in [2.24, 2.45) is 0 Å². The number of rotatable bonds is 5. The molecule has 0 amide bonds. The van der Waals surface area contributed by atoms with Crippen LogP contribution in [0.5, 0.6) is 5.75 Å². The maximum absolute atomic E-state index is 12.5. The normalized spacial score (nSPS) is 13.6. The number of para-hydroxylation sites is 1. The molecule has 106 valence electrons. The highest BCUT2D eigenvalue weighted by molar-refractivity contribution is 9.10. The smallest absolute Gasteiger partial charge is 0.338 e. The Morgan fingerprint density at radius 1 is 1.15 bits per heavy atom. The van der Waals surface area contributed by atoms with Gasteiger partial charge in [0.2, 0.25) is 0 Å². The summed E-state index contributed by atoms with van der Waals surface area (Å²) in [5, 5.41) is 2.95. The maximum atomic E-state index is 12.5. The van der Waals surface area contributed by atoms with Crippen LogP contribution in [0.25, 0.3) is 0 Å². The van der Waals surface area contributed by atoms with E-state index in [-0.39, 0.29) is 0 Å². The van der Waals surface area contributed by atoms with Crippen LogP contribution in [0, 0.1) is 0 Å². The lowest BCUT2D eigenvalue weighted by Gasteiger charge is -2.18. The van der Waals surface area contributed by atoms with Gasteiger partial charge in [-0.05, 0) is 52.2 Å². The van der Waals surface area contributed by atoms with E-state index in [2.05, 4.69) is 27.9 Å². The van der Waals surface area contributed by atoms with Gasteiger partial charge in [-0.2, -0.15) is 0 Å². The number of nitrogens with one attached hydrogen (secondary N) is 1. The molecule has 2 rings (SSSR count). The predicted molar refractivity (Wildman–Crippen MR) is 87.7 cm³/mol. The number of aryl methyl sites for hydroxylation is 1. The third-order valence-corrected chi connectivity index (χ3v) is 4.71. The monoisotopic (exact) mass is 353 g/mol. The molecule has 0 aliphatic rings. The highest BCUT2D eigenvalue weighted by Gasteiger charge is 2.18. The topological polar surface area (TPSA) is 38.3 Å². The lowest BCUT2D eigenvalue weighted by Crippen LogP contribution is -2.02. The molecule has 0 radical (unpaired) electrons. The van der Waals surface area contributed by atoms with Crippen molar-refractivity contribution in [3.05, 3.63) is 58.6 Å². The zero-order valence-electron chi connectivity index (χ0n) is 11.5. The Kier molecular flexibility index (Phi) is 4.90. The SMILES string of the molecule is CCc1ccc(O[P@](C)(=O)Nc2ccccc2Br)cc1. The van der Waals surface area contributed by atoms with Crippen LogP contribution in [0.3, 0.4) is 0 Å². The minimum absolute atomic E-state index is 0.604. The molecule has 20 heavy (non-hydrogen) atoms. The number of hydrogen-bond acceptors (Lipinski definition) is 2. The molecule has 5 heteroatoms. The molecular weight excluding hydrogens is 337 g/mol. The first kappa shape index (κ1) is 15.1. The van der Waals surface area contributed by atoms with Gasteiger partial charge in [-0.15, -0.1) is 0 Å². The second-order valence-electron chi connectivity index (χ2n) is 4.53. The van der Waals surface area contributed by atoms with Gasteiger partial charge in [0.15, 0.2) is 0 Å². The van der Waals surface area contributed by atoms with Gasteiger partial charge in [0, 0.05) is 11.1 Å². The summed E-state index contributed by atoms with van der Waals surface area (Å²) in [6.07, 6.45) is 0.972.